The zero-order chi connectivity index (χ0) is 24.6. The number of nitrogens with zero attached hydrogens (tertiary/aromatic N) is 1. The van der Waals surface area contributed by atoms with E-state index in [2.05, 4.69) is 22.9 Å². The van der Waals surface area contributed by atoms with Crippen LogP contribution in [0.3, 0.4) is 0 Å². The Bertz CT molecular complexity index is 752. The molecular weight excluding hydrogens is 408 g/mol. The Labute approximate surface area is 192 Å². The molecule has 4 amide bonds. The summed E-state index contributed by atoms with van der Waals surface area (Å²) in [5, 5.41) is 8.46. The molecule has 8 heteroatoms. The summed E-state index contributed by atoms with van der Waals surface area (Å²) in [6.45, 7) is 16.0. The lowest BCUT2D eigenvalue weighted by molar-refractivity contribution is -0.142. The minimum Gasteiger partial charge on any atom is -0.359 e. The fourth-order valence-electron chi connectivity index (χ4n) is 4.92. The second-order valence-corrected chi connectivity index (χ2v) is 11.7. The van der Waals surface area contributed by atoms with E-state index in [9.17, 15) is 19.2 Å². The van der Waals surface area contributed by atoms with Crippen molar-refractivity contribution in [1.29, 1.82) is 0 Å². The summed E-state index contributed by atoms with van der Waals surface area (Å²) >= 11 is 0. The van der Waals surface area contributed by atoms with E-state index < -0.39 is 23.5 Å². The maximum absolute atomic E-state index is 13.5. The normalized spacial score (nSPS) is 26.6. The Morgan fingerprint density at radius 2 is 1.59 bits per heavy atom. The van der Waals surface area contributed by atoms with Crippen LogP contribution in [0.2, 0.25) is 0 Å². The van der Waals surface area contributed by atoms with Gasteiger partial charge in [-0.1, -0.05) is 48.5 Å². The van der Waals surface area contributed by atoms with Crippen molar-refractivity contribution in [1.82, 2.24) is 20.9 Å². The van der Waals surface area contributed by atoms with Crippen LogP contribution in [-0.4, -0.2) is 60.2 Å². The second-order valence-electron chi connectivity index (χ2n) is 11.7. The van der Waals surface area contributed by atoms with Crippen molar-refractivity contribution in [2.75, 3.05) is 13.6 Å². The van der Waals surface area contributed by atoms with Crippen molar-refractivity contribution in [2.45, 2.75) is 86.4 Å². The van der Waals surface area contributed by atoms with Gasteiger partial charge in [0.25, 0.3) is 0 Å². The van der Waals surface area contributed by atoms with Gasteiger partial charge in [-0.05, 0) is 41.9 Å². The number of ketones is 1. The molecule has 1 heterocycles. The highest BCUT2D eigenvalue weighted by Crippen LogP contribution is 2.55. The van der Waals surface area contributed by atoms with Crippen LogP contribution in [0.15, 0.2) is 0 Å². The summed E-state index contributed by atoms with van der Waals surface area (Å²) < 4.78 is 0. The van der Waals surface area contributed by atoms with Gasteiger partial charge in [0.2, 0.25) is 11.8 Å². The van der Waals surface area contributed by atoms with Crippen molar-refractivity contribution in [3.05, 3.63) is 0 Å². The lowest BCUT2D eigenvalue weighted by atomic mass is 9.83. The minimum absolute atomic E-state index is 0.00862. The third kappa shape index (κ3) is 5.81. The molecule has 0 radical (unpaired) electrons. The molecular formula is C24H42N4O4. The van der Waals surface area contributed by atoms with Crippen LogP contribution in [0.5, 0.6) is 0 Å². The molecule has 3 N–H and O–H groups in total. The van der Waals surface area contributed by atoms with Gasteiger partial charge in [-0.2, -0.15) is 0 Å². The van der Waals surface area contributed by atoms with Gasteiger partial charge in [-0.25, -0.2) is 4.79 Å². The molecule has 1 aliphatic heterocycles. The molecule has 0 aromatic heterocycles. The fourth-order valence-corrected chi connectivity index (χ4v) is 4.92. The number of urea groups is 1. The maximum Gasteiger partial charge on any atom is 0.315 e. The number of hydrogen-bond donors (Lipinski definition) is 3. The van der Waals surface area contributed by atoms with Crippen LogP contribution in [0.4, 0.5) is 4.79 Å². The van der Waals surface area contributed by atoms with Crippen LogP contribution in [0.25, 0.3) is 0 Å². The van der Waals surface area contributed by atoms with Gasteiger partial charge in [0.05, 0.1) is 6.04 Å². The van der Waals surface area contributed by atoms with E-state index in [-0.39, 0.29) is 35.0 Å². The summed E-state index contributed by atoms with van der Waals surface area (Å²) in [7, 11) is 1.59. The highest BCUT2D eigenvalue weighted by molar-refractivity contribution is 5.93. The number of amides is 4. The molecule has 32 heavy (non-hydrogen) atoms. The van der Waals surface area contributed by atoms with E-state index in [1.54, 1.807) is 18.9 Å². The first-order valence-corrected chi connectivity index (χ1v) is 11.7. The van der Waals surface area contributed by atoms with Gasteiger partial charge >= 0.3 is 6.03 Å². The van der Waals surface area contributed by atoms with Crippen molar-refractivity contribution in [3.8, 4) is 0 Å². The lowest BCUT2D eigenvalue weighted by Gasteiger charge is -2.37. The first-order valence-electron chi connectivity index (χ1n) is 11.7. The molecule has 8 nitrogen and oxygen atoms in total. The predicted octanol–water partition coefficient (Wildman–Crippen LogP) is 2.32. The molecule has 182 valence electrons. The number of rotatable bonds is 7. The van der Waals surface area contributed by atoms with E-state index in [0.29, 0.717) is 31.2 Å². The van der Waals surface area contributed by atoms with E-state index >= 15 is 0 Å². The number of fused-ring (bicyclic) bond motifs is 1. The van der Waals surface area contributed by atoms with E-state index in [1.807, 2.05) is 41.5 Å². The summed E-state index contributed by atoms with van der Waals surface area (Å²) in [5.74, 6) is 0.795. The van der Waals surface area contributed by atoms with Crippen LogP contribution in [0.1, 0.15) is 68.2 Å². The number of carbonyl (C=O) groups excluding carboxylic acids is 4. The average Bonchev–Trinajstić information content (AvgIpc) is 3.10. The molecule has 0 spiro atoms. The molecule has 1 saturated carbocycles. The smallest absolute Gasteiger partial charge is 0.315 e. The number of nitrogens with one attached hydrogen (secondary N) is 3. The summed E-state index contributed by atoms with van der Waals surface area (Å²) in [6.07, 6.45) is 0.792. The SMILES string of the molecule is CNC(=O)CC[C@@H](NC(=O)NC(C(=O)N1C[C@@H]2C(C)[C@@H]2C1C(C)=O)C(C)(C)C)C(C)(C)C. The van der Waals surface area contributed by atoms with Crippen LogP contribution < -0.4 is 16.0 Å². The topological polar surface area (TPSA) is 108 Å². The minimum atomic E-state index is -0.767. The number of piperidine rings is 1. The molecule has 2 rings (SSSR count). The Morgan fingerprint density at radius 1 is 1.00 bits per heavy atom. The Hall–Kier alpha value is -2.12. The van der Waals surface area contributed by atoms with E-state index in [1.165, 1.54) is 0 Å². The zero-order valence-electron chi connectivity index (χ0n) is 21.2. The molecule has 0 bridgehead atoms. The number of carbonyl (C=O) groups is 4. The zero-order valence-corrected chi connectivity index (χ0v) is 21.2. The van der Waals surface area contributed by atoms with Crippen molar-refractivity contribution in [2.24, 2.45) is 28.6 Å². The number of likely N-dealkylation sites (tertiary alicyclic amines) is 1. The van der Waals surface area contributed by atoms with Gasteiger partial charge < -0.3 is 20.9 Å². The lowest BCUT2D eigenvalue weighted by Crippen LogP contribution is -2.60. The molecule has 1 aliphatic carbocycles. The molecule has 2 aliphatic rings. The van der Waals surface area contributed by atoms with E-state index in [0.717, 1.165) is 0 Å². The quantitative estimate of drug-likeness (QED) is 0.553. The van der Waals surface area contributed by atoms with Crippen LogP contribution in [-0.2, 0) is 14.4 Å². The monoisotopic (exact) mass is 450 g/mol. The Morgan fingerprint density at radius 3 is 2.06 bits per heavy atom. The third-order valence-corrected chi connectivity index (χ3v) is 7.12. The number of Topliss-reactive ketones (excluding diaryl/α,β-unsaturated/α-hetero) is 1. The van der Waals surface area contributed by atoms with E-state index in [4.69, 9.17) is 0 Å². The first kappa shape index (κ1) is 26.1. The Balaban J connectivity index is 2.13. The van der Waals surface area contributed by atoms with Gasteiger partial charge in [0.1, 0.15) is 6.04 Å². The van der Waals surface area contributed by atoms with Gasteiger partial charge in [-0.15, -0.1) is 0 Å². The maximum atomic E-state index is 13.5. The van der Waals surface area contributed by atoms with Crippen LogP contribution in [0, 0.1) is 28.6 Å². The summed E-state index contributed by atoms with van der Waals surface area (Å²) in [4.78, 5) is 52.2. The largest absolute Gasteiger partial charge is 0.359 e. The molecule has 3 unspecified atom stereocenters. The first-order chi connectivity index (χ1) is 14.6. The van der Waals surface area contributed by atoms with Gasteiger partial charge in [-0.3, -0.25) is 14.4 Å². The average molecular weight is 451 g/mol. The highest BCUT2D eigenvalue weighted by atomic mass is 16.2. The van der Waals surface area contributed by atoms with Crippen molar-refractivity contribution in [3.63, 3.8) is 0 Å². The van der Waals surface area contributed by atoms with Crippen molar-refractivity contribution >= 4 is 23.6 Å². The summed E-state index contributed by atoms with van der Waals surface area (Å²) in [5.41, 5.74) is -0.799. The van der Waals surface area contributed by atoms with Gasteiger partial charge in [0.15, 0.2) is 5.78 Å². The molecule has 1 saturated heterocycles. The second kappa shape index (κ2) is 9.40. The molecule has 0 aromatic carbocycles. The van der Waals surface area contributed by atoms with Crippen LogP contribution >= 0.6 is 0 Å². The number of hydrogen-bond acceptors (Lipinski definition) is 4. The molecule has 6 atom stereocenters. The fraction of sp³-hybridized carbons (Fsp3) is 0.833. The predicted molar refractivity (Wildman–Crippen MR) is 124 cm³/mol. The molecule has 2 fully saturated rings. The third-order valence-electron chi connectivity index (χ3n) is 7.12. The summed E-state index contributed by atoms with van der Waals surface area (Å²) in [6, 6.07) is -1.85. The van der Waals surface area contributed by atoms with Gasteiger partial charge in [0, 0.05) is 26.1 Å². The van der Waals surface area contributed by atoms with Crippen molar-refractivity contribution < 1.29 is 19.2 Å². The molecule has 0 aromatic rings. The highest BCUT2D eigenvalue weighted by Gasteiger charge is 2.62. The standard InChI is InChI=1S/C24H42N4O4/c1-13-15-12-28(19(14(2)29)18(13)15)21(31)20(24(6,7)8)27-22(32)26-16(23(3,4)5)10-11-17(30)25-9/h13,15-16,18-20H,10-12H2,1-9H3,(H,25,30)(H2,26,27,32)/t13?,15-,16-,18+,19?,20?/m1/s1. The Kier molecular flexibility index (Phi) is 7.67.